The van der Waals surface area contributed by atoms with Gasteiger partial charge in [-0.25, -0.2) is 4.79 Å². The van der Waals surface area contributed by atoms with Crippen LogP contribution in [0, 0.1) is 0 Å². The Hall–Kier alpha value is -2.64. The molecule has 134 valence electrons. The molecule has 2 heterocycles. The van der Waals surface area contributed by atoms with E-state index in [1.54, 1.807) is 13.1 Å². The molecular weight excluding hydrogens is 324 g/mol. The maximum Gasteiger partial charge on any atom is 0.326 e. The molecule has 1 aromatic heterocycles. The van der Waals surface area contributed by atoms with Gasteiger partial charge in [-0.15, -0.1) is 0 Å². The van der Waals surface area contributed by atoms with Gasteiger partial charge < -0.3 is 15.2 Å². The van der Waals surface area contributed by atoms with E-state index in [0.29, 0.717) is 6.42 Å². The molecule has 1 atom stereocenters. The minimum absolute atomic E-state index is 0.0993. The Kier molecular flexibility index (Phi) is 4.87. The standard InChI is InChI=1S/C17H22N4O4/c1-20-10-16(24)21(17(20)25)9-3-6-14(22)18-12-4-2-5-13-11(12)7-8-15(23)19-13/h7-8,12H,2-6,9-10H2,1H3,(H,18,22)(H,19,23). The highest BCUT2D eigenvalue weighted by atomic mass is 16.2. The number of urea groups is 1. The molecule has 1 unspecified atom stereocenters. The number of hydrogen-bond acceptors (Lipinski definition) is 4. The zero-order valence-corrected chi connectivity index (χ0v) is 14.2. The molecule has 0 radical (unpaired) electrons. The summed E-state index contributed by atoms with van der Waals surface area (Å²) in [6.45, 7) is 0.353. The summed E-state index contributed by atoms with van der Waals surface area (Å²) in [7, 11) is 1.58. The lowest BCUT2D eigenvalue weighted by molar-refractivity contribution is -0.126. The lowest BCUT2D eigenvalue weighted by Gasteiger charge is -2.26. The van der Waals surface area contributed by atoms with E-state index in [9.17, 15) is 19.2 Å². The molecule has 4 amide bonds. The molecule has 25 heavy (non-hydrogen) atoms. The highest BCUT2D eigenvalue weighted by Gasteiger charge is 2.33. The van der Waals surface area contributed by atoms with Gasteiger partial charge in [0.15, 0.2) is 0 Å². The fraction of sp³-hybridized carbons (Fsp3) is 0.529. The second-order valence-electron chi connectivity index (χ2n) is 6.56. The first-order chi connectivity index (χ1) is 12.0. The molecule has 0 aromatic carbocycles. The molecule has 8 nitrogen and oxygen atoms in total. The summed E-state index contributed by atoms with van der Waals surface area (Å²) in [6, 6.07) is 2.84. The second kappa shape index (κ2) is 7.08. The Morgan fingerprint density at radius 1 is 1.32 bits per heavy atom. The fourth-order valence-corrected chi connectivity index (χ4v) is 3.40. The Morgan fingerprint density at radius 3 is 2.84 bits per heavy atom. The quantitative estimate of drug-likeness (QED) is 0.760. The van der Waals surface area contributed by atoms with Crippen LogP contribution in [-0.4, -0.2) is 52.8 Å². The van der Waals surface area contributed by atoms with Crippen molar-refractivity contribution in [3.63, 3.8) is 0 Å². The molecule has 1 aliphatic carbocycles. The van der Waals surface area contributed by atoms with E-state index in [-0.39, 0.29) is 49.0 Å². The van der Waals surface area contributed by atoms with Crippen molar-refractivity contribution >= 4 is 17.8 Å². The number of H-pyrrole nitrogens is 1. The van der Waals surface area contributed by atoms with E-state index >= 15 is 0 Å². The number of hydrogen-bond donors (Lipinski definition) is 2. The molecule has 8 heteroatoms. The number of aromatic nitrogens is 1. The number of amides is 4. The first kappa shape index (κ1) is 17.2. The van der Waals surface area contributed by atoms with Gasteiger partial charge in [0.05, 0.1) is 6.04 Å². The van der Waals surface area contributed by atoms with E-state index < -0.39 is 0 Å². The summed E-state index contributed by atoms with van der Waals surface area (Å²) in [5.41, 5.74) is 1.72. The highest BCUT2D eigenvalue weighted by Crippen LogP contribution is 2.27. The largest absolute Gasteiger partial charge is 0.349 e. The van der Waals surface area contributed by atoms with Crippen LogP contribution < -0.4 is 10.9 Å². The lowest BCUT2D eigenvalue weighted by atomic mass is 9.91. The molecule has 0 spiro atoms. The number of carbonyl (C=O) groups is 3. The van der Waals surface area contributed by atoms with Gasteiger partial charge in [-0.3, -0.25) is 19.3 Å². The minimum atomic E-state index is -0.310. The van der Waals surface area contributed by atoms with Crippen molar-refractivity contribution in [3.8, 4) is 0 Å². The summed E-state index contributed by atoms with van der Waals surface area (Å²) < 4.78 is 0. The van der Waals surface area contributed by atoms with E-state index in [0.717, 1.165) is 30.5 Å². The first-order valence-corrected chi connectivity index (χ1v) is 8.52. The number of likely N-dealkylation sites (N-methyl/N-ethyl adjacent to an activating group) is 1. The predicted molar refractivity (Wildman–Crippen MR) is 89.9 cm³/mol. The van der Waals surface area contributed by atoms with Gasteiger partial charge in [0, 0.05) is 31.8 Å². The summed E-state index contributed by atoms with van der Waals surface area (Å²) >= 11 is 0. The third kappa shape index (κ3) is 3.72. The molecular formula is C17H22N4O4. The van der Waals surface area contributed by atoms with Crippen molar-refractivity contribution in [1.82, 2.24) is 20.1 Å². The molecule has 3 rings (SSSR count). The number of aromatic amines is 1. The van der Waals surface area contributed by atoms with Crippen LogP contribution in [-0.2, 0) is 16.0 Å². The van der Waals surface area contributed by atoms with Crippen LogP contribution in [0.4, 0.5) is 4.79 Å². The van der Waals surface area contributed by atoms with Gasteiger partial charge in [-0.2, -0.15) is 0 Å². The summed E-state index contributed by atoms with van der Waals surface area (Å²) in [6.07, 6.45) is 3.22. The summed E-state index contributed by atoms with van der Waals surface area (Å²) in [4.78, 5) is 52.5. The van der Waals surface area contributed by atoms with Gasteiger partial charge in [-0.05, 0) is 37.3 Å². The van der Waals surface area contributed by atoms with Gasteiger partial charge >= 0.3 is 6.03 Å². The summed E-state index contributed by atoms with van der Waals surface area (Å²) in [5, 5.41) is 2.99. The Bertz CT molecular complexity index is 757. The van der Waals surface area contributed by atoms with Gasteiger partial charge in [0.1, 0.15) is 6.54 Å². The number of carbonyl (C=O) groups excluding carboxylic acids is 3. The van der Waals surface area contributed by atoms with Crippen LogP contribution >= 0.6 is 0 Å². The van der Waals surface area contributed by atoms with Crippen molar-refractivity contribution in [2.45, 2.75) is 38.1 Å². The van der Waals surface area contributed by atoms with E-state index in [4.69, 9.17) is 0 Å². The predicted octanol–water partition coefficient (Wildman–Crippen LogP) is 0.543. The van der Waals surface area contributed by atoms with Crippen molar-refractivity contribution in [2.24, 2.45) is 0 Å². The second-order valence-corrected chi connectivity index (χ2v) is 6.56. The van der Waals surface area contributed by atoms with Crippen LogP contribution in [0.3, 0.4) is 0 Å². The van der Waals surface area contributed by atoms with E-state index in [1.807, 2.05) is 0 Å². The van der Waals surface area contributed by atoms with Crippen molar-refractivity contribution in [1.29, 1.82) is 0 Å². The Labute approximate surface area is 145 Å². The number of aryl methyl sites for hydroxylation is 1. The number of nitrogens with zero attached hydrogens (tertiary/aromatic N) is 2. The normalized spacial score (nSPS) is 20.0. The number of pyridine rings is 1. The molecule has 1 aliphatic heterocycles. The zero-order valence-electron chi connectivity index (χ0n) is 14.2. The van der Waals surface area contributed by atoms with E-state index in [2.05, 4.69) is 10.3 Å². The van der Waals surface area contributed by atoms with E-state index in [1.165, 1.54) is 15.9 Å². The molecule has 1 saturated heterocycles. The minimum Gasteiger partial charge on any atom is -0.349 e. The van der Waals surface area contributed by atoms with Crippen LogP contribution in [0.2, 0.25) is 0 Å². The van der Waals surface area contributed by atoms with Crippen molar-refractivity contribution in [3.05, 3.63) is 33.7 Å². The third-order valence-electron chi connectivity index (χ3n) is 4.68. The van der Waals surface area contributed by atoms with Crippen molar-refractivity contribution in [2.75, 3.05) is 20.1 Å². The lowest BCUT2D eigenvalue weighted by Crippen LogP contribution is -2.34. The molecule has 1 fully saturated rings. The van der Waals surface area contributed by atoms with Gasteiger partial charge in [0.2, 0.25) is 17.4 Å². The van der Waals surface area contributed by atoms with Crippen LogP contribution in [0.25, 0.3) is 0 Å². The number of imide groups is 1. The van der Waals surface area contributed by atoms with Crippen LogP contribution in [0.5, 0.6) is 0 Å². The molecule has 0 bridgehead atoms. The number of fused-ring (bicyclic) bond motifs is 1. The monoisotopic (exact) mass is 346 g/mol. The average molecular weight is 346 g/mol. The number of rotatable bonds is 5. The summed E-state index contributed by atoms with van der Waals surface area (Å²) in [5.74, 6) is -0.338. The SMILES string of the molecule is CN1CC(=O)N(CCCC(=O)NC2CCCc3[nH]c(=O)ccc32)C1=O. The van der Waals surface area contributed by atoms with Crippen molar-refractivity contribution < 1.29 is 14.4 Å². The maximum atomic E-state index is 12.2. The Morgan fingerprint density at radius 2 is 2.12 bits per heavy atom. The van der Waals surface area contributed by atoms with Crippen LogP contribution in [0.15, 0.2) is 16.9 Å². The first-order valence-electron chi connectivity index (χ1n) is 8.52. The van der Waals surface area contributed by atoms with Crippen LogP contribution in [0.1, 0.15) is 43.0 Å². The third-order valence-corrected chi connectivity index (χ3v) is 4.68. The highest BCUT2D eigenvalue weighted by molar-refractivity contribution is 6.01. The van der Waals surface area contributed by atoms with Gasteiger partial charge in [-0.1, -0.05) is 0 Å². The molecule has 2 N–H and O–H groups in total. The Balaban J connectivity index is 1.52. The average Bonchev–Trinajstić information content (AvgIpc) is 2.81. The topological polar surface area (TPSA) is 103 Å². The molecule has 2 aliphatic rings. The number of nitrogens with one attached hydrogen (secondary N) is 2. The molecule has 0 saturated carbocycles. The maximum absolute atomic E-state index is 12.2. The fourth-order valence-electron chi connectivity index (χ4n) is 3.40. The smallest absolute Gasteiger partial charge is 0.326 e. The molecule has 1 aromatic rings. The zero-order chi connectivity index (χ0) is 18.0. The van der Waals surface area contributed by atoms with Gasteiger partial charge in [0.25, 0.3) is 0 Å².